The van der Waals surface area contributed by atoms with Crippen LogP contribution in [0.25, 0.3) is 0 Å². The number of aromatic nitrogens is 2. The second kappa shape index (κ2) is 5.50. The zero-order valence-electron chi connectivity index (χ0n) is 11.4. The summed E-state index contributed by atoms with van der Waals surface area (Å²) in [5.74, 6) is 0.132. The summed E-state index contributed by atoms with van der Waals surface area (Å²) in [4.78, 5) is 11.7. The SMILES string of the molecule is Cn1nc(CCNC(=O)c2ccco2)c2c1CCOC2. The molecule has 1 aliphatic heterocycles. The van der Waals surface area contributed by atoms with E-state index in [0.29, 0.717) is 25.3 Å². The monoisotopic (exact) mass is 275 g/mol. The number of ether oxygens (including phenoxy) is 1. The van der Waals surface area contributed by atoms with E-state index in [9.17, 15) is 4.79 Å². The Morgan fingerprint density at radius 1 is 1.55 bits per heavy atom. The molecule has 20 heavy (non-hydrogen) atoms. The molecule has 0 aliphatic carbocycles. The van der Waals surface area contributed by atoms with Crippen molar-refractivity contribution in [1.29, 1.82) is 0 Å². The average Bonchev–Trinajstić information content (AvgIpc) is 3.09. The van der Waals surface area contributed by atoms with E-state index >= 15 is 0 Å². The van der Waals surface area contributed by atoms with Gasteiger partial charge in [0.1, 0.15) is 0 Å². The van der Waals surface area contributed by atoms with Gasteiger partial charge in [0, 0.05) is 37.7 Å². The van der Waals surface area contributed by atoms with Gasteiger partial charge in [-0.2, -0.15) is 5.10 Å². The molecule has 0 saturated heterocycles. The number of hydrogen-bond donors (Lipinski definition) is 1. The third-order valence-electron chi connectivity index (χ3n) is 3.48. The van der Waals surface area contributed by atoms with Crippen LogP contribution in [0.5, 0.6) is 0 Å². The van der Waals surface area contributed by atoms with E-state index < -0.39 is 0 Å². The maximum atomic E-state index is 11.7. The van der Waals surface area contributed by atoms with Crippen LogP contribution in [0, 0.1) is 0 Å². The first-order chi connectivity index (χ1) is 9.75. The molecule has 2 aromatic heterocycles. The number of amides is 1. The molecule has 1 N–H and O–H groups in total. The zero-order chi connectivity index (χ0) is 13.9. The highest BCUT2D eigenvalue weighted by Gasteiger charge is 2.19. The summed E-state index contributed by atoms with van der Waals surface area (Å²) in [6.07, 6.45) is 3.08. The van der Waals surface area contributed by atoms with Crippen molar-refractivity contribution < 1.29 is 13.9 Å². The number of nitrogens with zero attached hydrogens (tertiary/aromatic N) is 2. The molecule has 0 radical (unpaired) electrons. The molecule has 0 unspecified atom stereocenters. The fraction of sp³-hybridized carbons (Fsp3) is 0.429. The summed E-state index contributed by atoms with van der Waals surface area (Å²) >= 11 is 0. The van der Waals surface area contributed by atoms with Crippen LogP contribution in [-0.4, -0.2) is 28.8 Å². The average molecular weight is 275 g/mol. The fourth-order valence-corrected chi connectivity index (χ4v) is 2.48. The lowest BCUT2D eigenvalue weighted by molar-refractivity contribution is 0.0926. The molecule has 0 bridgehead atoms. The van der Waals surface area contributed by atoms with Crippen LogP contribution in [0.2, 0.25) is 0 Å². The van der Waals surface area contributed by atoms with Crippen molar-refractivity contribution in [3.63, 3.8) is 0 Å². The van der Waals surface area contributed by atoms with Crippen LogP contribution >= 0.6 is 0 Å². The Labute approximate surface area is 116 Å². The van der Waals surface area contributed by atoms with E-state index in [-0.39, 0.29) is 5.91 Å². The molecule has 0 fully saturated rings. The van der Waals surface area contributed by atoms with Crippen molar-refractivity contribution >= 4 is 5.91 Å². The molecule has 1 amide bonds. The number of furan rings is 1. The Kier molecular flexibility index (Phi) is 3.56. The van der Waals surface area contributed by atoms with Crippen LogP contribution in [-0.2, 0) is 31.2 Å². The first kappa shape index (κ1) is 12.9. The third-order valence-corrected chi connectivity index (χ3v) is 3.48. The number of fused-ring (bicyclic) bond motifs is 1. The minimum absolute atomic E-state index is 0.198. The summed E-state index contributed by atoms with van der Waals surface area (Å²) < 4.78 is 12.4. The highest BCUT2D eigenvalue weighted by Crippen LogP contribution is 2.20. The summed E-state index contributed by atoms with van der Waals surface area (Å²) in [6.45, 7) is 1.90. The number of nitrogens with one attached hydrogen (secondary N) is 1. The Hall–Kier alpha value is -2.08. The van der Waals surface area contributed by atoms with E-state index in [2.05, 4.69) is 10.4 Å². The summed E-state index contributed by atoms with van der Waals surface area (Å²) in [6, 6.07) is 3.34. The zero-order valence-corrected chi connectivity index (χ0v) is 11.4. The van der Waals surface area contributed by atoms with Crippen LogP contribution in [0.4, 0.5) is 0 Å². The lowest BCUT2D eigenvalue weighted by Crippen LogP contribution is -2.25. The van der Waals surface area contributed by atoms with Gasteiger partial charge in [-0.25, -0.2) is 0 Å². The predicted octanol–water partition coefficient (Wildman–Crippen LogP) is 1.06. The second-order valence-corrected chi connectivity index (χ2v) is 4.78. The van der Waals surface area contributed by atoms with Crippen molar-refractivity contribution in [3.05, 3.63) is 41.1 Å². The van der Waals surface area contributed by atoms with Gasteiger partial charge in [-0.15, -0.1) is 0 Å². The number of carbonyl (C=O) groups excluding carboxylic acids is 1. The summed E-state index contributed by atoms with van der Waals surface area (Å²) in [5, 5.41) is 7.34. The highest BCUT2D eigenvalue weighted by atomic mass is 16.5. The maximum absolute atomic E-state index is 11.7. The topological polar surface area (TPSA) is 69.3 Å². The van der Waals surface area contributed by atoms with Crippen molar-refractivity contribution in [2.45, 2.75) is 19.4 Å². The molecule has 0 atom stereocenters. The van der Waals surface area contributed by atoms with Gasteiger partial charge in [-0.1, -0.05) is 0 Å². The number of hydrogen-bond acceptors (Lipinski definition) is 4. The quantitative estimate of drug-likeness (QED) is 0.905. The highest BCUT2D eigenvalue weighted by molar-refractivity contribution is 5.91. The van der Waals surface area contributed by atoms with Crippen molar-refractivity contribution in [2.75, 3.05) is 13.2 Å². The number of rotatable bonds is 4. The van der Waals surface area contributed by atoms with Gasteiger partial charge in [0.15, 0.2) is 5.76 Å². The largest absolute Gasteiger partial charge is 0.459 e. The van der Waals surface area contributed by atoms with Crippen molar-refractivity contribution in [1.82, 2.24) is 15.1 Å². The molecular formula is C14H17N3O3. The lowest BCUT2D eigenvalue weighted by atomic mass is 10.1. The molecule has 3 rings (SSSR count). The van der Waals surface area contributed by atoms with E-state index in [4.69, 9.17) is 9.15 Å². The predicted molar refractivity (Wildman–Crippen MR) is 71.3 cm³/mol. The minimum Gasteiger partial charge on any atom is -0.459 e. The van der Waals surface area contributed by atoms with Crippen LogP contribution in [0.15, 0.2) is 22.8 Å². The Bertz CT molecular complexity index is 601. The van der Waals surface area contributed by atoms with Crippen LogP contribution in [0.1, 0.15) is 27.5 Å². The molecule has 6 heteroatoms. The first-order valence-electron chi connectivity index (χ1n) is 6.69. The lowest BCUT2D eigenvalue weighted by Gasteiger charge is -2.13. The number of aryl methyl sites for hydroxylation is 1. The van der Waals surface area contributed by atoms with Crippen LogP contribution in [0.3, 0.4) is 0 Å². The molecule has 0 saturated carbocycles. The molecule has 1 aliphatic rings. The summed E-state index contributed by atoms with van der Waals surface area (Å²) in [5.41, 5.74) is 3.41. The fourth-order valence-electron chi connectivity index (χ4n) is 2.48. The van der Waals surface area contributed by atoms with E-state index in [0.717, 1.165) is 18.7 Å². The molecule has 2 aromatic rings. The molecule has 0 aromatic carbocycles. The smallest absolute Gasteiger partial charge is 0.286 e. The minimum atomic E-state index is -0.198. The van der Waals surface area contributed by atoms with Gasteiger partial charge < -0.3 is 14.5 Å². The van der Waals surface area contributed by atoms with Gasteiger partial charge >= 0.3 is 0 Å². The van der Waals surface area contributed by atoms with E-state index in [1.165, 1.54) is 17.5 Å². The Morgan fingerprint density at radius 3 is 3.25 bits per heavy atom. The van der Waals surface area contributed by atoms with Crippen molar-refractivity contribution in [2.24, 2.45) is 7.05 Å². The van der Waals surface area contributed by atoms with Gasteiger partial charge in [-0.3, -0.25) is 9.48 Å². The maximum Gasteiger partial charge on any atom is 0.286 e. The Morgan fingerprint density at radius 2 is 2.45 bits per heavy atom. The van der Waals surface area contributed by atoms with E-state index in [1.54, 1.807) is 12.1 Å². The molecule has 3 heterocycles. The van der Waals surface area contributed by atoms with Gasteiger partial charge in [0.2, 0.25) is 0 Å². The standard InChI is InChI=1S/C14H17N3O3/c1-17-12-5-8-19-9-10(12)11(16-17)4-6-15-14(18)13-3-2-7-20-13/h2-3,7H,4-6,8-9H2,1H3,(H,15,18). The molecule has 106 valence electrons. The van der Waals surface area contributed by atoms with Gasteiger partial charge in [0.05, 0.1) is 25.2 Å². The van der Waals surface area contributed by atoms with E-state index in [1.807, 2.05) is 11.7 Å². The molecule has 6 nitrogen and oxygen atoms in total. The van der Waals surface area contributed by atoms with Crippen molar-refractivity contribution in [3.8, 4) is 0 Å². The van der Waals surface area contributed by atoms with Gasteiger partial charge in [-0.05, 0) is 12.1 Å². The normalized spacial score (nSPS) is 14.1. The molecular weight excluding hydrogens is 258 g/mol. The number of carbonyl (C=O) groups is 1. The van der Waals surface area contributed by atoms with Crippen LogP contribution < -0.4 is 5.32 Å². The third kappa shape index (κ3) is 2.46. The first-order valence-corrected chi connectivity index (χ1v) is 6.69. The van der Waals surface area contributed by atoms with Gasteiger partial charge in [0.25, 0.3) is 5.91 Å². The Balaban J connectivity index is 1.60. The molecule has 0 spiro atoms. The second-order valence-electron chi connectivity index (χ2n) is 4.78. The summed E-state index contributed by atoms with van der Waals surface area (Å²) in [7, 11) is 1.95.